The molecule has 0 N–H and O–H groups in total. The predicted octanol–water partition coefficient (Wildman–Crippen LogP) is 4.41. The average molecular weight is 274 g/mol. The second-order valence-electron chi connectivity index (χ2n) is 3.27. The summed E-state index contributed by atoms with van der Waals surface area (Å²) >= 11 is 17.8. The molecule has 0 aliphatic rings. The minimum absolute atomic E-state index is 0.191. The molecule has 2 nitrogen and oxygen atoms in total. The molecule has 0 aliphatic heterocycles. The topological polar surface area (TPSA) is 25.8 Å². The van der Waals surface area contributed by atoms with Gasteiger partial charge in [-0.05, 0) is 30.2 Å². The monoisotopic (exact) mass is 272 g/mol. The molecule has 0 radical (unpaired) electrons. The highest BCUT2D eigenvalue weighted by molar-refractivity contribution is 6.43. The zero-order valence-corrected chi connectivity index (χ0v) is 10.6. The molecular formula is C11H7Cl3N2. The predicted molar refractivity (Wildman–Crippen MR) is 67.2 cm³/mol. The third-order valence-corrected chi connectivity index (χ3v) is 3.15. The van der Waals surface area contributed by atoms with Crippen LogP contribution in [0.25, 0.3) is 11.3 Å². The molecule has 0 spiro atoms. The molecule has 0 amide bonds. The molecule has 0 saturated carbocycles. The van der Waals surface area contributed by atoms with E-state index < -0.39 is 0 Å². The number of rotatable bonds is 1. The lowest BCUT2D eigenvalue weighted by Crippen LogP contribution is -1.92. The van der Waals surface area contributed by atoms with Crippen molar-refractivity contribution in [2.24, 2.45) is 0 Å². The normalized spacial score (nSPS) is 10.5. The van der Waals surface area contributed by atoms with E-state index >= 15 is 0 Å². The van der Waals surface area contributed by atoms with E-state index in [1.54, 1.807) is 12.3 Å². The Hall–Kier alpha value is -0.830. The van der Waals surface area contributed by atoms with Gasteiger partial charge >= 0.3 is 0 Å². The molecule has 2 rings (SSSR count). The van der Waals surface area contributed by atoms with Crippen molar-refractivity contribution in [1.29, 1.82) is 0 Å². The average Bonchev–Trinajstić information content (AvgIpc) is 2.26. The second kappa shape index (κ2) is 4.58. The first kappa shape index (κ1) is 11.6. The molecule has 5 heteroatoms. The van der Waals surface area contributed by atoms with Crippen LogP contribution in [-0.2, 0) is 0 Å². The van der Waals surface area contributed by atoms with Crippen molar-refractivity contribution >= 4 is 34.8 Å². The Labute approximate surface area is 108 Å². The highest BCUT2D eigenvalue weighted by atomic mass is 35.5. The first-order valence-corrected chi connectivity index (χ1v) is 5.66. The molecule has 0 atom stereocenters. The van der Waals surface area contributed by atoms with Crippen LogP contribution in [0, 0.1) is 6.92 Å². The first-order valence-electron chi connectivity index (χ1n) is 4.53. The molecular weight excluding hydrogens is 266 g/mol. The summed E-state index contributed by atoms with van der Waals surface area (Å²) in [4.78, 5) is 8.05. The van der Waals surface area contributed by atoms with E-state index in [9.17, 15) is 0 Å². The molecule has 0 fully saturated rings. The van der Waals surface area contributed by atoms with Crippen LogP contribution in [0.2, 0.25) is 15.3 Å². The van der Waals surface area contributed by atoms with Crippen LogP contribution in [0.3, 0.4) is 0 Å². The van der Waals surface area contributed by atoms with E-state index in [0.717, 1.165) is 11.1 Å². The van der Waals surface area contributed by atoms with Gasteiger partial charge in [-0.25, -0.2) is 9.97 Å². The standard InChI is InChI=1S/C11H7Cl3N2/c1-6-5-15-11(14)16-10(6)7-3-2-4-8(12)9(7)13/h2-5H,1H3. The summed E-state index contributed by atoms with van der Waals surface area (Å²) in [5.74, 6) is 0. The molecule has 0 bridgehead atoms. The fourth-order valence-electron chi connectivity index (χ4n) is 1.38. The van der Waals surface area contributed by atoms with Crippen LogP contribution in [-0.4, -0.2) is 9.97 Å². The number of aromatic nitrogens is 2. The summed E-state index contributed by atoms with van der Waals surface area (Å²) in [6.07, 6.45) is 1.65. The minimum Gasteiger partial charge on any atom is -0.226 e. The lowest BCUT2D eigenvalue weighted by molar-refractivity contribution is 1.13. The highest BCUT2D eigenvalue weighted by Crippen LogP contribution is 2.33. The quantitative estimate of drug-likeness (QED) is 0.719. The summed E-state index contributed by atoms with van der Waals surface area (Å²) in [5.41, 5.74) is 2.36. The molecule has 1 aromatic heterocycles. The Kier molecular flexibility index (Phi) is 3.33. The number of hydrogen-bond acceptors (Lipinski definition) is 2. The van der Waals surface area contributed by atoms with Crippen molar-refractivity contribution in [3.05, 3.63) is 45.3 Å². The maximum atomic E-state index is 6.12. The van der Waals surface area contributed by atoms with Gasteiger partial charge in [-0.1, -0.05) is 35.3 Å². The zero-order valence-electron chi connectivity index (χ0n) is 8.34. The molecule has 0 unspecified atom stereocenters. The summed E-state index contributed by atoms with van der Waals surface area (Å²) in [6, 6.07) is 5.39. The van der Waals surface area contributed by atoms with Gasteiger partial charge in [-0.3, -0.25) is 0 Å². The fraction of sp³-hybridized carbons (Fsp3) is 0.0909. The maximum absolute atomic E-state index is 6.12. The van der Waals surface area contributed by atoms with Gasteiger partial charge in [0, 0.05) is 11.8 Å². The molecule has 16 heavy (non-hydrogen) atoms. The first-order chi connectivity index (χ1) is 7.59. The SMILES string of the molecule is Cc1cnc(Cl)nc1-c1cccc(Cl)c1Cl. The van der Waals surface area contributed by atoms with Crippen LogP contribution in [0.5, 0.6) is 0 Å². The van der Waals surface area contributed by atoms with E-state index in [2.05, 4.69) is 9.97 Å². The van der Waals surface area contributed by atoms with Crippen LogP contribution in [0.1, 0.15) is 5.56 Å². The molecule has 1 aromatic carbocycles. The van der Waals surface area contributed by atoms with E-state index in [0.29, 0.717) is 15.7 Å². The lowest BCUT2D eigenvalue weighted by Gasteiger charge is -2.07. The van der Waals surface area contributed by atoms with Gasteiger partial charge in [0.1, 0.15) is 0 Å². The smallest absolute Gasteiger partial charge is 0.222 e. The van der Waals surface area contributed by atoms with Gasteiger partial charge in [0.25, 0.3) is 0 Å². The molecule has 2 aromatic rings. The van der Waals surface area contributed by atoms with Crippen molar-refractivity contribution in [2.45, 2.75) is 6.92 Å². The number of halogens is 3. The van der Waals surface area contributed by atoms with Crippen LogP contribution >= 0.6 is 34.8 Å². The highest BCUT2D eigenvalue weighted by Gasteiger charge is 2.11. The summed E-state index contributed by atoms with van der Waals surface area (Å²) in [5, 5.41) is 1.16. The Morgan fingerprint density at radius 1 is 1.12 bits per heavy atom. The van der Waals surface area contributed by atoms with Crippen molar-refractivity contribution in [3.8, 4) is 11.3 Å². The minimum atomic E-state index is 0.191. The van der Waals surface area contributed by atoms with E-state index in [-0.39, 0.29) is 5.28 Å². The van der Waals surface area contributed by atoms with Crippen molar-refractivity contribution < 1.29 is 0 Å². The number of aryl methyl sites for hydroxylation is 1. The van der Waals surface area contributed by atoms with Crippen LogP contribution in [0.4, 0.5) is 0 Å². The van der Waals surface area contributed by atoms with Crippen LogP contribution in [0.15, 0.2) is 24.4 Å². The third-order valence-electron chi connectivity index (χ3n) is 2.15. The van der Waals surface area contributed by atoms with Gasteiger partial charge in [-0.2, -0.15) is 0 Å². The molecule has 1 heterocycles. The summed E-state index contributed by atoms with van der Waals surface area (Å²) in [7, 11) is 0. The largest absolute Gasteiger partial charge is 0.226 e. The van der Waals surface area contributed by atoms with Gasteiger partial charge in [0.2, 0.25) is 5.28 Å². The second-order valence-corrected chi connectivity index (χ2v) is 4.40. The Morgan fingerprint density at radius 2 is 1.88 bits per heavy atom. The summed E-state index contributed by atoms with van der Waals surface area (Å²) in [6.45, 7) is 1.89. The fourth-order valence-corrected chi connectivity index (χ4v) is 1.90. The number of nitrogens with zero attached hydrogens (tertiary/aromatic N) is 2. The summed E-state index contributed by atoms with van der Waals surface area (Å²) < 4.78 is 0. The Balaban J connectivity index is 2.67. The van der Waals surface area contributed by atoms with Crippen molar-refractivity contribution in [2.75, 3.05) is 0 Å². The number of benzene rings is 1. The van der Waals surface area contributed by atoms with Gasteiger partial charge < -0.3 is 0 Å². The van der Waals surface area contributed by atoms with Gasteiger partial charge in [0.15, 0.2) is 0 Å². The van der Waals surface area contributed by atoms with Gasteiger partial charge in [0.05, 0.1) is 15.7 Å². The van der Waals surface area contributed by atoms with Crippen LogP contribution < -0.4 is 0 Å². The molecule has 0 saturated heterocycles. The van der Waals surface area contributed by atoms with Crippen molar-refractivity contribution in [3.63, 3.8) is 0 Å². The van der Waals surface area contributed by atoms with E-state index in [1.165, 1.54) is 0 Å². The van der Waals surface area contributed by atoms with Crippen molar-refractivity contribution in [1.82, 2.24) is 9.97 Å². The van der Waals surface area contributed by atoms with E-state index in [4.69, 9.17) is 34.8 Å². The Bertz CT molecular complexity index is 541. The third kappa shape index (κ3) is 2.14. The van der Waals surface area contributed by atoms with Gasteiger partial charge in [-0.15, -0.1) is 0 Å². The molecule has 0 aliphatic carbocycles. The Morgan fingerprint density at radius 3 is 2.62 bits per heavy atom. The maximum Gasteiger partial charge on any atom is 0.222 e. The zero-order chi connectivity index (χ0) is 11.7. The lowest BCUT2D eigenvalue weighted by atomic mass is 10.1. The molecule has 82 valence electrons. The van der Waals surface area contributed by atoms with E-state index in [1.807, 2.05) is 19.1 Å². The number of hydrogen-bond donors (Lipinski definition) is 0.